The molecule has 0 aromatic heterocycles. The standard InChI is InChI=1S/C14H18O3/c1-14(2,3)13(15)7-5-10-4-6-11-12(8-10)17-9-16-11/h4-8,13,15H,9H2,1-3H3/t13-/m0/s1. The summed E-state index contributed by atoms with van der Waals surface area (Å²) in [5.74, 6) is 1.54. The second kappa shape index (κ2) is 4.41. The van der Waals surface area contributed by atoms with Crippen LogP contribution in [0.15, 0.2) is 24.3 Å². The number of hydrogen-bond acceptors (Lipinski definition) is 3. The molecule has 0 saturated heterocycles. The smallest absolute Gasteiger partial charge is 0.231 e. The van der Waals surface area contributed by atoms with Crippen LogP contribution in [0, 0.1) is 5.41 Å². The van der Waals surface area contributed by atoms with E-state index in [4.69, 9.17) is 9.47 Å². The molecular weight excluding hydrogens is 216 g/mol. The summed E-state index contributed by atoms with van der Waals surface area (Å²) < 4.78 is 10.5. The normalized spacial score (nSPS) is 16.5. The van der Waals surface area contributed by atoms with Gasteiger partial charge in [-0.3, -0.25) is 0 Å². The Morgan fingerprint density at radius 2 is 1.94 bits per heavy atom. The molecule has 0 amide bonds. The topological polar surface area (TPSA) is 38.7 Å². The average Bonchev–Trinajstić information content (AvgIpc) is 2.71. The highest BCUT2D eigenvalue weighted by atomic mass is 16.7. The van der Waals surface area contributed by atoms with Crippen LogP contribution in [0.2, 0.25) is 0 Å². The van der Waals surface area contributed by atoms with Gasteiger partial charge in [0.05, 0.1) is 6.10 Å². The largest absolute Gasteiger partial charge is 0.454 e. The Morgan fingerprint density at radius 3 is 2.65 bits per heavy atom. The van der Waals surface area contributed by atoms with Crippen LogP contribution in [0.1, 0.15) is 26.3 Å². The minimum Gasteiger partial charge on any atom is -0.454 e. The summed E-state index contributed by atoms with van der Waals surface area (Å²) in [4.78, 5) is 0. The van der Waals surface area contributed by atoms with E-state index >= 15 is 0 Å². The molecule has 3 nitrogen and oxygen atoms in total. The van der Waals surface area contributed by atoms with Gasteiger partial charge in [-0.25, -0.2) is 0 Å². The fourth-order valence-electron chi connectivity index (χ4n) is 1.51. The number of aliphatic hydroxyl groups is 1. The van der Waals surface area contributed by atoms with Gasteiger partial charge in [-0.2, -0.15) is 0 Å². The van der Waals surface area contributed by atoms with Crippen LogP contribution in [0.4, 0.5) is 0 Å². The number of benzene rings is 1. The number of fused-ring (bicyclic) bond motifs is 1. The molecule has 0 fully saturated rings. The lowest BCUT2D eigenvalue weighted by atomic mass is 9.89. The molecule has 0 spiro atoms. The van der Waals surface area contributed by atoms with Crippen molar-refractivity contribution in [1.82, 2.24) is 0 Å². The Morgan fingerprint density at radius 1 is 1.24 bits per heavy atom. The first kappa shape index (κ1) is 12.0. The van der Waals surface area contributed by atoms with Gasteiger partial charge in [0.25, 0.3) is 0 Å². The quantitative estimate of drug-likeness (QED) is 0.855. The highest BCUT2D eigenvalue weighted by Crippen LogP contribution is 2.33. The van der Waals surface area contributed by atoms with Gasteiger partial charge in [0.1, 0.15) is 0 Å². The van der Waals surface area contributed by atoms with Gasteiger partial charge >= 0.3 is 0 Å². The summed E-state index contributed by atoms with van der Waals surface area (Å²) >= 11 is 0. The van der Waals surface area contributed by atoms with Gasteiger partial charge in [0.2, 0.25) is 6.79 Å². The highest BCUT2D eigenvalue weighted by molar-refractivity contribution is 5.56. The predicted octanol–water partition coefficient (Wildman–Crippen LogP) is 2.84. The van der Waals surface area contributed by atoms with Gasteiger partial charge in [-0.15, -0.1) is 0 Å². The highest BCUT2D eigenvalue weighted by Gasteiger charge is 2.19. The van der Waals surface area contributed by atoms with Crippen LogP contribution in [0.3, 0.4) is 0 Å². The van der Waals surface area contributed by atoms with E-state index < -0.39 is 6.10 Å². The molecule has 1 N–H and O–H groups in total. The van der Waals surface area contributed by atoms with Crippen LogP contribution in [0.5, 0.6) is 11.5 Å². The first-order chi connectivity index (χ1) is 7.97. The van der Waals surface area contributed by atoms with Crippen molar-refractivity contribution in [2.75, 3.05) is 6.79 Å². The zero-order valence-corrected chi connectivity index (χ0v) is 10.4. The van der Waals surface area contributed by atoms with E-state index in [1.54, 1.807) is 6.08 Å². The molecule has 1 aliphatic rings. The van der Waals surface area contributed by atoms with Crippen molar-refractivity contribution in [3.8, 4) is 11.5 Å². The molecule has 0 bridgehead atoms. The molecule has 0 saturated carbocycles. The fraction of sp³-hybridized carbons (Fsp3) is 0.429. The summed E-state index contributed by atoms with van der Waals surface area (Å²) in [6.45, 7) is 6.29. The minimum atomic E-state index is -0.465. The van der Waals surface area contributed by atoms with Crippen molar-refractivity contribution in [2.24, 2.45) is 5.41 Å². The zero-order chi connectivity index (χ0) is 12.5. The van der Waals surface area contributed by atoms with E-state index in [1.807, 2.05) is 45.0 Å². The number of hydrogen-bond donors (Lipinski definition) is 1. The van der Waals surface area contributed by atoms with Crippen LogP contribution in [-0.2, 0) is 0 Å². The van der Waals surface area contributed by atoms with E-state index in [9.17, 15) is 5.11 Å². The average molecular weight is 234 g/mol. The maximum absolute atomic E-state index is 9.90. The first-order valence-corrected chi connectivity index (χ1v) is 5.73. The van der Waals surface area contributed by atoms with Crippen molar-refractivity contribution in [3.05, 3.63) is 29.8 Å². The van der Waals surface area contributed by atoms with E-state index in [1.165, 1.54) is 0 Å². The zero-order valence-electron chi connectivity index (χ0n) is 10.4. The molecule has 1 aromatic rings. The van der Waals surface area contributed by atoms with Crippen molar-refractivity contribution in [1.29, 1.82) is 0 Å². The molecule has 3 heteroatoms. The fourth-order valence-corrected chi connectivity index (χ4v) is 1.51. The lowest BCUT2D eigenvalue weighted by Gasteiger charge is -2.22. The Balaban J connectivity index is 2.12. The third kappa shape index (κ3) is 2.80. The Bertz CT molecular complexity index is 430. The summed E-state index contributed by atoms with van der Waals surface area (Å²) in [6.07, 6.45) is 3.24. The van der Waals surface area contributed by atoms with E-state index in [-0.39, 0.29) is 12.2 Å². The lowest BCUT2D eigenvalue weighted by Crippen LogP contribution is -2.23. The molecule has 1 atom stereocenters. The number of rotatable bonds is 2. The molecule has 92 valence electrons. The van der Waals surface area contributed by atoms with Crippen LogP contribution in [0.25, 0.3) is 6.08 Å². The molecule has 2 rings (SSSR count). The van der Waals surface area contributed by atoms with Gasteiger partial charge in [0.15, 0.2) is 11.5 Å². The van der Waals surface area contributed by atoms with Gasteiger partial charge in [-0.05, 0) is 23.1 Å². The maximum Gasteiger partial charge on any atom is 0.231 e. The number of aliphatic hydroxyl groups excluding tert-OH is 1. The Labute approximate surface area is 102 Å². The number of ether oxygens (including phenoxy) is 2. The molecule has 1 aromatic carbocycles. The van der Waals surface area contributed by atoms with Crippen molar-refractivity contribution >= 4 is 6.08 Å². The Hall–Kier alpha value is -1.48. The maximum atomic E-state index is 9.90. The minimum absolute atomic E-state index is 0.146. The van der Waals surface area contributed by atoms with Gasteiger partial charge in [-0.1, -0.05) is 39.0 Å². The molecule has 1 aliphatic heterocycles. The van der Waals surface area contributed by atoms with Gasteiger partial charge in [0, 0.05) is 0 Å². The molecule has 0 aliphatic carbocycles. The van der Waals surface area contributed by atoms with Gasteiger partial charge < -0.3 is 14.6 Å². The van der Waals surface area contributed by atoms with Crippen molar-refractivity contribution in [3.63, 3.8) is 0 Å². The molecular formula is C14H18O3. The van der Waals surface area contributed by atoms with Crippen LogP contribution < -0.4 is 9.47 Å². The molecule has 1 heterocycles. The molecule has 0 unspecified atom stereocenters. The Kier molecular flexibility index (Phi) is 3.11. The van der Waals surface area contributed by atoms with E-state index in [0.29, 0.717) is 0 Å². The van der Waals surface area contributed by atoms with Crippen molar-refractivity contribution < 1.29 is 14.6 Å². The lowest BCUT2D eigenvalue weighted by molar-refractivity contribution is 0.106. The third-order valence-electron chi connectivity index (χ3n) is 2.75. The second-order valence-electron chi connectivity index (χ2n) is 5.28. The van der Waals surface area contributed by atoms with E-state index in [0.717, 1.165) is 17.1 Å². The van der Waals surface area contributed by atoms with E-state index in [2.05, 4.69) is 0 Å². The first-order valence-electron chi connectivity index (χ1n) is 5.73. The van der Waals surface area contributed by atoms with Crippen LogP contribution >= 0.6 is 0 Å². The SMILES string of the molecule is CC(C)(C)[C@@H](O)C=Cc1ccc2c(c1)OCO2. The van der Waals surface area contributed by atoms with Crippen LogP contribution in [-0.4, -0.2) is 18.0 Å². The summed E-state index contributed by atoms with van der Waals surface area (Å²) in [5, 5.41) is 9.90. The molecule has 0 radical (unpaired) electrons. The summed E-state index contributed by atoms with van der Waals surface area (Å²) in [7, 11) is 0. The predicted molar refractivity (Wildman–Crippen MR) is 67.1 cm³/mol. The van der Waals surface area contributed by atoms with Crippen molar-refractivity contribution in [2.45, 2.75) is 26.9 Å². The third-order valence-corrected chi connectivity index (χ3v) is 2.75. The summed E-state index contributed by atoms with van der Waals surface area (Å²) in [5.41, 5.74) is 0.852. The molecule has 17 heavy (non-hydrogen) atoms. The summed E-state index contributed by atoms with van der Waals surface area (Å²) in [6, 6.07) is 5.74. The second-order valence-corrected chi connectivity index (χ2v) is 5.28. The monoisotopic (exact) mass is 234 g/mol.